The Morgan fingerprint density at radius 2 is 2.05 bits per heavy atom. The predicted octanol–water partition coefficient (Wildman–Crippen LogP) is 3.44. The van der Waals surface area contributed by atoms with E-state index < -0.39 is 0 Å². The van der Waals surface area contributed by atoms with E-state index >= 15 is 0 Å². The lowest BCUT2D eigenvalue weighted by atomic mass is 10.1. The Labute approximate surface area is 134 Å². The van der Waals surface area contributed by atoms with Gasteiger partial charge in [-0.2, -0.15) is 4.98 Å². The lowest BCUT2D eigenvalue weighted by molar-refractivity contribution is -0.117. The fourth-order valence-corrected chi connectivity index (χ4v) is 2.94. The maximum atomic E-state index is 12.3. The van der Waals surface area contributed by atoms with Gasteiger partial charge in [-0.25, -0.2) is 0 Å². The quantitative estimate of drug-likeness (QED) is 0.809. The van der Waals surface area contributed by atoms with Crippen molar-refractivity contribution in [2.45, 2.75) is 37.0 Å². The summed E-state index contributed by atoms with van der Waals surface area (Å²) in [4.78, 5) is 19.7. The lowest BCUT2D eigenvalue weighted by Gasteiger charge is -2.16. The molecule has 0 saturated carbocycles. The molecule has 0 aliphatic carbocycles. The molecule has 1 fully saturated rings. The summed E-state index contributed by atoms with van der Waals surface area (Å²) in [6.07, 6.45) is 2.46. The smallest absolute Gasteiger partial charge is 0.232 e. The standard InChI is InChI=1S/C16H19N3O2S/c1-10(2)15-17-16(21-18-15)11-8-14(20)19(9-11)12-4-6-13(22-3)7-5-12/h4-7,10-11H,8-9H2,1-3H3. The fraction of sp³-hybridized carbons (Fsp3) is 0.438. The summed E-state index contributed by atoms with van der Waals surface area (Å²) in [6, 6.07) is 8.04. The first kappa shape index (κ1) is 15.1. The van der Waals surface area contributed by atoms with Crippen molar-refractivity contribution in [3.8, 4) is 0 Å². The van der Waals surface area contributed by atoms with Gasteiger partial charge in [0, 0.05) is 29.5 Å². The van der Waals surface area contributed by atoms with Crippen LogP contribution >= 0.6 is 11.8 Å². The number of aromatic nitrogens is 2. The largest absolute Gasteiger partial charge is 0.339 e. The van der Waals surface area contributed by atoms with Crippen molar-refractivity contribution < 1.29 is 9.32 Å². The number of rotatable bonds is 4. The fourth-order valence-electron chi connectivity index (χ4n) is 2.53. The third kappa shape index (κ3) is 2.88. The molecule has 2 aromatic rings. The minimum Gasteiger partial charge on any atom is -0.339 e. The van der Waals surface area contributed by atoms with E-state index in [1.807, 2.05) is 44.4 Å². The van der Waals surface area contributed by atoms with Crippen LogP contribution in [-0.2, 0) is 4.79 Å². The van der Waals surface area contributed by atoms with Gasteiger partial charge >= 0.3 is 0 Å². The summed E-state index contributed by atoms with van der Waals surface area (Å²) >= 11 is 1.69. The Morgan fingerprint density at radius 3 is 2.64 bits per heavy atom. The molecule has 22 heavy (non-hydrogen) atoms. The van der Waals surface area contributed by atoms with Gasteiger partial charge in [0.2, 0.25) is 11.8 Å². The molecule has 2 heterocycles. The average molecular weight is 317 g/mol. The van der Waals surface area contributed by atoms with Gasteiger partial charge in [-0.05, 0) is 30.5 Å². The second-order valence-electron chi connectivity index (χ2n) is 5.75. The van der Waals surface area contributed by atoms with E-state index in [4.69, 9.17) is 4.52 Å². The van der Waals surface area contributed by atoms with Crippen LogP contribution in [0.5, 0.6) is 0 Å². The second-order valence-corrected chi connectivity index (χ2v) is 6.63. The molecule has 0 spiro atoms. The van der Waals surface area contributed by atoms with E-state index in [2.05, 4.69) is 10.1 Å². The van der Waals surface area contributed by atoms with Gasteiger partial charge in [-0.1, -0.05) is 19.0 Å². The van der Waals surface area contributed by atoms with Crippen molar-refractivity contribution in [3.05, 3.63) is 36.0 Å². The maximum absolute atomic E-state index is 12.3. The monoisotopic (exact) mass is 317 g/mol. The zero-order chi connectivity index (χ0) is 15.7. The van der Waals surface area contributed by atoms with Gasteiger partial charge in [0.15, 0.2) is 5.82 Å². The number of nitrogens with zero attached hydrogens (tertiary/aromatic N) is 3. The summed E-state index contributed by atoms with van der Waals surface area (Å²) in [6.45, 7) is 4.64. The SMILES string of the molecule is CSc1ccc(N2CC(c3nc(C(C)C)no3)CC2=O)cc1. The number of benzene rings is 1. The van der Waals surface area contributed by atoms with Crippen LogP contribution in [-0.4, -0.2) is 28.8 Å². The molecule has 1 atom stereocenters. The minimum absolute atomic E-state index is 0.0206. The van der Waals surface area contributed by atoms with E-state index in [9.17, 15) is 4.79 Å². The van der Waals surface area contributed by atoms with Crippen LogP contribution in [0.4, 0.5) is 5.69 Å². The first-order valence-corrected chi connectivity index (χ1v) is 8.59. The number of thioether (sulfide) groups is 1. The highest BCUT2D eigenvalue weighted by Crippen LogP contribution is 2.32. The molecule has 116 valence electrons. The highest BCUT2D eigenvalue weighted by atomic mass is 32.2. The molecule has 3 rings (SSSR count). The average Bonchev–Trinajstić information content (AvgIpc) is 3.14. The molecular weight excluding hydrogens is 298 g/mol. The molecule has 0 bridgehead atoms. The van der Waals surface area contributed by atoms with Crippen molar-refractivity contribution in [1.29, 1.82) is 0 Å². The van der Waals surface area contributed by atoms with Gasteiger partial charge in [-0.15, -0.1) is 11.8 Å². The predicted molar refractivity (Wildman–Crippen MR) is 86.3 cm³/mol. The van der Waals surface area contributed by atoms with Crippen molar-refractivity contribution in [3.63, 3.8) is 0 Å². The maximum Gasteiger partial charge on any atom is 0.232 e. The Morgan fingerprint density at radius 1 is 1.32 bits per heavy atom. The molecule has 6 heteroatoms. The van der Waals surface area contributed by atoms with Gasteiger partial charge < -0.3 is 9.42 Å². The molecule has 1 saturated heterocycles. The minimum atomic E-state index is -0.0206. The molecule has 1 unspecified atom stereocenters. The molecule has 5 nitrogen and oxygen atoms in total. The van der Waals surface area contributed by atoms with E-state index in [1.165, 1.54) is 4.90 Å². The van der Waals surface area contributed by atoms with E-state index in [-0.39, 0.29) is 17.7 Å². The number of amides is 1. The highest BCUT2D eigenvalue weighted by Gasteiger charge is 2.35. The number of anilines is 1. The Hall–Kier alpha value is -1.82. The van der Waals surface area contributed by atoms with Crippen LogP contribution in [0.1, 0.15) is 43.8 Å². The first-order chi connectivity index (χ1) is 10.6. The lowest BCUT2D eigenvalue weighted by Crippen LogP contribution is -2.24. The molecule has 1 aliphatic rings. The molecule has 0 N–H and O–H groups in total. The molecule has 0 radical (unpaired) electrons. The number of hydrogen-bond donors (Lipinski definition) is 0. The van der Waals surface area contributed by atoms with Crippen molar-refractivity contribution in [2.75, 3.05) is 17.7 Å². The third-order valence-corrected chi connectivity index (χ3v) is 4.58. The normalized spacial score (nSPS) is 18.5. The Balaban J connectivity index is 1.77. The van der Waals surface area contributed by atoms with Gasteiger partial charge in [-0.3, -0.25) is 4.79 Å². The topological polar surface area (TPSA) is 59.2 Å². The summed E-state index contributed by atoms with van der Waals surface area (Å²) < 4.78 is 5.34. The third-order valence-electron chi connectivity index (χ3n) is 3.83. The summed E-state index contributed by atoms with van der Waals surface area (Å²) in [5, 5.41) is 3.99. The van der Waals surface area contributed by atoms with Crippen LogP contribution < -0.4 is 4.90 Å². The number of carbonyl (C=O) groups excluding carboxylic acids is 1. The zero-order valence-electron chi connectivity index (χ0n) is 12.9. The molecule has 1 amide bonds. The van der Waals surface area contributed by atoms with Gasteiger partial charge in [0.25, 0.3) is 0 Å². The van der Waals surface area contributed by atoms with E-state index in [0.29, 0.717) is 24.7 Å². The summed E-state index contributed by atoms with van der Waals surface area (Å²) in [7, 11) is 0. The second kappa shape index (κ2) is 6.12. The summed E-state index contributed by atoms with van der Waals surface area (Å²) in [5.74, 6) is 1.58. The Kier molecular flexibility index (Phi) is 4.20. The highest BCUT2D eigenvalue weighted by molar-refractivity contribution is 7.98. The van der Waals surface area contributed by atoms with Crippen molar-refractivity contribution >= 4 is 23.4 Å². The first-order valence-electron chi connectivity index (χ1n) is 7.36. The van der Waals surface area contributed by atoms with Crippen LogP contribution in [0.25, 0.3) is 0 Å². The molecule has 1 aliphatic heterocycles. The number of hydrogen-bond acceptors (Lipinski definition) is 5. The van der Waals surface area contributed by atoms with Gasteiger partial charge in [0.1, 0.15) is 0 Å². The summed E-state index contributed by atoms with van der Waals surface area (Å²) in [5.41, 5.74) is 0.925. The van der Waals surface area contributed by atoms with Crippen LogP contribution in [0.2, 0.25) is 0 Å². The van der Waals surface area contributed by atoms with Crippen LogP contribution in [0, 0.1) is 0 Å². The molecule has 1 aromatic heterocycles. The molecule has 1 aromatic carbocycles. The Bertz CT molecular complexity index is 666. The van der Waals surface area contributed by atoms with Crippen LogP contribution in [0.15, 0.2) is 33.7 Å². The number of carbonyl (C=O) groups is 1. The molecular formula is C16H19N3O2S. The van der Waals surface area contributed by atoms with Crippen LogP contribution in [0.3, 0.4) is 0 Å². The van der Waals surface area contributed by atoms with E-state index in [1.54, 1.807) is 16.7 Å². The van der Waals surface area contributed by atoms with Gasteiger partial charge in [0.05, 0.1) is 5.92 Å². The van der Waals surface area contributed by atoms with Crippen molar-refractivity contribution in [2.24, 2.45) is 0 Å². The van der Waals surface area contributed by atoms with Crippen molar-refractivity contribution in [1.82, 2.24) is 10.1 Å². The van der Waals surface area contributed by atoms with E-state index in [0.717, 1.165) is 5.69 Å². The zero-order valence-corrected chi connectivity index (χ0v) is 13.8.